The Morgan fingerprint density at radius 2 is 1.93 bits per heavy atom. The fourth-order valence-corrected chi connectivity index (χ4v) is 2.14. The molecule has 2 rings (SSSR count). The average Bonchev–Trinajstić information content (AvgIpc) is 2.69. The molecule has 0 saturated carbocycles. The molecule has 0 aromatic carbocycles. The Labute approximate surface area is 94.8 Å². The zero-order valence-electron chi connectivity index (χ0n) is 9.32. The lowest BCUT2D eigenvalue weighted by molar-refractivity contribution is 0.569. The molecule has 0 fully saturated rings. The van der Waals surface area contributed by atoms with Gasteiger partial charge in [-0.15, -0.1) is 11.3 Å². The predicted molar refractivity (Wildman–Crippen MR) is 66.3 cm³/mol. The number of aromatic nitrogens is 1. The van der Waals surface area contributed by atoms with Gasteiger partial charge in [0.25, 0.3) is 0 Å². The van der Waals surface area contributed by atoms with E-state index in [1.807, 2.05) is 6.20 Å². The van der Waals surface area contributed by atoms with Crippen molar-refractivity contribution in [2.45, 2.75) is 26.2 Å². The summed E-state index contributed by atoms with van der Waals surface area (Å²) in [4.78, 5) is 5.79. The van der Waals surface area contributed by atoms with Crippen LogP contribution in [0.15, 0.2) is 35.8 Å². The third-order valence-corrected chi connectivity index (χ3v) is 3.26. The molecule has 0 atom stereocenters. The minimum atomic E-state index is 0.133. The maximum absolute atomic E-state index is 4.51. The largest absolute Gasteiger partial charge is 0.260 e. The maximum atomic E-state index is 4.51. The normalized spacial score (nSPS) is 11.7. The first kappa shape index (κ1) is 10.4. The van der Waals surface area contributed by atoms with Crippen LogP contribution in [0.2, 0.25) is 0 Å². The molecule has 0 amide bonds. The van der Waals surface area contributed by atoms with Crippen molar-refractivity contribution < 1.29 is 0 Å². The van der Waals surface area contributed by atoms with Gasteiger partial charge in [-0.3, -0.25) is 4.98 Å². The van der Waals surface area contributed by atoms with E-state index in [1.54, 1.807) is 11.3 Å². The van der Waals surface area contributed by atoms with E-state index in [1.165, 1.54) is 10.4 Å². The summed E-state index contributed by atoms with van der Waals surface area (Å²) in [6.45, 7) is 6.54. The Balaban J connectivity index is 2.33. The van der Waals surface area contributed by atoms with Gasteiger partial charge in [0, 0.05) is 27.7 Å². The molecule has 0 aliphatic heterocycles. The van der Waals surface area contributed by atoms with Gasteiger partial charge in [0.2, 0.25) is 0 Å². The highest BCUT2D eigenvalue weighted by atomic mass is 32.1. The lowest BCUT2D eigenvalue weighted by atomic mass is 9.91. The molecule has 78 valence electrons. The number of nitrogens with zero attached hydrogens (tertiary/aromatic N) is 1. The molecule has 2 heterocycles. The Morgan fingerprint density at radius 1 is 1.13 bits per heavy atom. The van der Waals surface area contributed by atoms with E-state index in [9.17, 15) is 0 Å². The van der Waals surface area contributed by atoms with E-state index in [2.05, 4.69) is 55.4 Å². The third kappa shape index (κ3) is 2.26. The summed E-state index contributed by atoms with van der Waals surface area (Å²) in [6.07, 6.45) is 1.96. The number of hydrogen-bond acceptors (Lipinski definition) is 2. The second kappa shape index (κ2) is 3.78. The standard InChI is InChI=1S/C13H15NS/c1-13(2,3)12-7-6-10(9-14-12)11-5-4-8-15-11/h4-9H,1-3H3. The highest BCUT2D eigenvalue weighted by Crippen LogP contribution is 2.26. The van der Waals surface area contributed by atoms with Gasteiger partial charge in [0.15, 0.2) is 0 Å². The highest BCUT2D eigenvalue weighted by molar-refractivity contribution is 7.13. The smallest absolute Gasteiger partial charge is 0.0457 e. The second-order valence-electron chi connectivity index (χ2n) is 4.66. The monoisotopic (exact) mass is 217 g/mol. The van der Waals surface area contributed by atoms with Crippen LogP contribution >= 0.6 is 11.3 Å². The zero-order chi connectivity index (χ0) is 10.9. The van der Waals surface area contributed by atoms with Gasteiger partial charge in [-0.1, -0.05) is 32.9 Å². The van der Waals surface area contributed by atoms with Gasteiger partial charge in [-0.05, 0) is 17.5 Å². The summed E-state index contributed by atoms with van der Waals surface area (Å²) in [6, 6.07) is 8.46. The first-order valence-electron chi connectivity index (χ1n) is 5.08. The number of hydrogen-bond donors (Lipinski definition) is 0. The van der Waals surface area contributed by atoms with Crippen LogP contribution in [0, 0.1) is 0 Å². The van der Waals surface area contributed by atoms with Crippen molar-refractivity contribution in [3.63, 3.8) is 0 Å². The van der Waals surface area contributed by atoms with Crippen LogP contribution in [-0.2, 0) is 5.41 Å². The summed E-state index contributed by atoms with van der Waals surface area (Å²) >= 11 is 1.75. The number of pyridine rings is 1. The molecule has 0 unspecified atom stereocenters. The van der Waals surface area contributed by atoms with Crippen molar-refractivity contribution in [1.29, 1.82) is 0 Å². The van der Waals surface area contributed by atoms with Gasteiger partial charge in [-0.2, -0.15) is 0 Å². The van der Waals surface area contributed by atoms with Crippen molar-refractivity contribution in [2.24, 2.45) is 0 Å². The molecule has 15 heavy (non-hydrogen) atoms. The van der Waals surface area contributed by atoms with Crippen LogP contribution in [0.25, 0.3) is 10.4 Å². The van der Waals surface area contributed by atoms with E-state index >= 15 is 0 Å². The lowest BCUT2D eigenvalue weighted by Gasteiger charge is -2.17. The van der Waals surface area contributed by atoms with Crippen molar-refractivity contribution in [3.8, 4) is 10.4 Å². The lowest BCUT2D eigenvalue weighted by Crippen LogP contribution is -2.12. The minimum Gasteiger partial charge on any atom is -0.260 e. The van der Waals surface area contributed by atoms with Crippen LogP contribution < -0.4 is 0 Å². The highest BCUT2D eigenvalue weighted by Gasteiger charge is 2.14. The van der Waals surface area contributed by atoms with Crippen LogP contribution in [-0.4, -0.2) is 4.98 Å². The quantitative estimate of drug-likeness (QED) is 0.700. The minimum absolute atomic E-state index is 0.133. The van der Waals surface area contributed by atoms with E-state index in [0.29, 0.717) is 0 Å². The van der Waals surface area contributed by atoms with E-state index in [0.717, 1.165) is 5.69 Å². The molecule has 0 aliphatic carbocycles. The van der Waals surface area contributed by atoms with Crippen LogP contribution in [0.5, 0.6) is 0 Å². The Kier molecular flexibility index (Phi) is 2.61. The van der Waals surface area contributed by atoms with Gasteiger partial charge in [0.05, 0.1) is 0 Å². The molecule has 0 saturated heterocycles. The van der Waals surface area contributed by atoms with Crippen molar-refractivity contribution >= 4 is 11.3 Å². The molecule has 1 nitrogen and oxygen atoms in total. The first-order chi connectivity index (χ1) is 7.07. The van der Waals surface area contributed by atoms with E-state index in [-0.39, 0.29) is 5.41 Å². The molecule has 2 aromatic heterocycles. The van der Waals surface area contributed by atoms with Crippen LogP contribution in [0.3, 0.4) is 0 Å². The Bertz CT molecular complexity index is 421. The molecule has 0 bridgehead atoms. The second-order valence-corrected chi connectivity index (χ2v) is 5.61. The molecule has 2 heteroatoms. The topological polar surface area (TPSA) is 12.9 Å². The van der Waals surface area contributed by atoms with Crippen molar-refractivity contribution in [3.05, 3.63) is 41.5 Å². The molecule has 2 aromatic rings. The van der Waals surface area contributed by atoms with E-state index in [4.69, 9.17) is 0 Å². The molecule has 0 spiro atoms. The SMILES string of the molecule is CC(C)(C)c1ccc(-c2cccs2)cn1. The maximum Gasteiger partial charge on any atom is 0.0457 e. The van der Waals surface area contributed by atoms with Gasteiger partial charge in [-0.25, -0.2) is 0 Å². The Morgan fingerprint density at radius 3 is 2.40 bits per heavy atom. The molecular weight excluding hydrogens is 202 g/mol. The van der Waals surface area contributed by atoms with Crippen LogP contribution in [0.4, 0.5) is 0 Å². The Hall–Kier alpha value is -1.15. The molecule has 0 radical (unpaired) electrons. The number of thiophene rings is 1. The van der Waals surface area contributed by atoms with Gasteiger partial charge < -0.3 is 0 Å². The summed E-state index contributed by atoms with van der Waals surface area (Å²) in [5.41, 5.74) is 2.48. The third-order valence-electron chi connectivity index (χ3n) is 2.34. The molecular formula is C13H15NS. The molecule has 0 N–H and O–H groups in total. The fraction of sp³-hybridized carbons (Fsp3) is 0.308. The number of rotatable bonds is 1. The van der Waals surface area contributed by atoms with Gasteiger partial charge in [0.1, 0.15) is 0 Å². The molecule has 0 aliphatic rings. The van der Waals surface area contributed by atoms with Crippen molar-refractivity contribution in [1.82, 2.24) is 4.98 Å². The summed E-state index contributed by atoms with van der Waals surface area (Å²) in [7, 11) is 0. The summed E-state index contributed by atoms with van der Waals surface area (Å²) in [5, 5.41) is 2.09. The van der Waals surface area contributed by atoms with E-state index < -0.39 is 0 Å². The zero-order valence-corrected chi connectivity index (χ0v) is 10.1. The average molecular weight is 217 g/mol. The fourth-order valence-electron chi connectivity index (χ4n) is 1.43. The first-order valence-corrected chi connectivity index (χ1v) is 5.96. The van der Waals surface area contributed by atoms with Crippen LogP contribution in [0.1, 0.15) is 26.5 Å². The van der Waals surface area contributed by atoms with Gasteiger partial charge >= 0.3 is 0 Å². The predicted octanol–water partition coefficient (Wildman–Crippen LogP) is 4.11. The van der Waals surface area contributed by atoms with Crippen molar-refractivity contribution in [2.75, 3.05) is 0 Å². The summed E-state index contributed by atoms with van der Waals surface area (Å²) < 4.78 is 0. The summed E-state index contributed by atoms with van der Waals surface area (Å²) in [5.74, 6) is 0.